The highest BCUT2D eigenvalue weighted by atomic mass is 32.1. The molecule has 6 heteroatoms. The minimum Gasteiger partial charge on any atom is -0.308 e. The Morgan fingerprint density at radius 3 is 1.14 bits per heavy atom. The first-order chi connectivity index (χ1) is 39.0. The predicted octanol–water partition coefficient (Wildman–Crippen LogP) is 20.3. The first kappa shape index (κ1) is 45.5. The van der Waals surface area contributed by atoms with Crippen molar-refractivity contribution in [1.29, 1.82) is 10.5 Å². The molecule has 4 nitrogen and oxygen atoms in total. The molecule has 11 aromatic carbocycles. The third kappa shape index (κ3) is 6.07. The highest BCUT2D eigenvalue weighted by Gasteiger charge is 2.37. The number of nitriles is 2. The van der Waals surface area contributed by atoms with E-state index in [9.17, 15) is 10.5 Å². The normalized spacial score (nSPS) is 13.9. The Balaban J connectivity index is 0.880. The predicted molar refractivity (Wildman–Crippen MR) is 336 cm³/mol. The number of hydrogen-bond donors (Lipinski definition) is 0. The fourth-order valence-corrected chi connectivity index (χ4v) is 16.5. The van der Waals surface area contributed by atoms with E-state index in [4.69, 9.17) is 0 Å². The Morgan fingerprint density at radius 1 is 0.312 bits per heavy atom. The second-order valence-corrected chi connectivity index (χ2v) is 25.2. The second kappa shape index (κ2) is 16.0. The maximum atomic E-state index is 11.5. The van der Waals surface area contributed by atoms with Gasteiger partial charge in [0, 0.05) is 72.7 Å². The summed E-state index contributed by atoms with van der Waals surface area (Å²) in [6, 6.07) is 80.9. The van der Waals surface area contributed by atoms with Gasteiger partial charge in [-0.25, -0.2) is 0 Å². The van der Waals surface area contributed by atoms with E-state index in [1.54, 1.807) is 22.7 Å². The molecule has 0 saturated carbocycles. The SMILES string of the molecule is CC1(C)c2ccccc2-c2ccc(-c3ccc4c(c3)c3cc5c(cc3n4-c3cc(C#N)c(-n4c6ccc(-c7ccc8c(c7)C(C)(C)c7ccccc7-8)cc6c6cc7c(cc64)sc4ccccc47)cc3C#N)sc3ccccc35)cc21. The van der Waals surface area contributed by atoms with Gasteiger partial charge in [-0.1, -0.05) is 149 Å². The number of nitrogens with zero attached hydrogens (tertiary/aromatic N) is 4. The monoisotopic (exact) mass is 1050 g/mol. The molecule has 0 saturated heterocycles. The van der Waals surface area contributed by atoms with Crippen molar-refractivity contribution < 1.29 is 0 Å². The molecule has 0 bridgehead atoms. The lowest BCUT2D eigenvalue weighted by Crippen LogP contribution is -2.14. The molecule has 0 N–H and O–H groups in total. The van der Waals surface area contributed by atoms with E-state index in [2.05, 4.69) is 243 Å². The number of aromatic nitrogens is 2. The van der Waals surface area contributed by atoms with Crippen LogP contribution in [0.5, 0.6) is 0 Å². The van der Waals surface area contributed by atoms with Crippen LogP contribution in [-0.2, 0) is 10.8 Å². The molecule has 2 aliphatic carbocycles. The zero-order chi connectivity index (χ0) is 53.5. The minimum atomic E-state index is -0.132. The highest BCUT2D eigenvalue weighted by molar-refractivity contribution is 7.26. The van der Waals surface area contributed by atoms with Gasteiger partial charge in [0.2, 0.25) is 0 Å². The molecule has 4 heterocycles. The van der Waals surface area contributed by atoms with Crippen LogP contribution in [0.4, 0.5) is 0 Å². The van der Waals surface area contributed by atoms with Crippen LogP contribution in [0.1, 0.15) is 61.1 Å². The first-order valence-corrected chi connectivity index (χ1v) is 29.0. The van der Waals surface area contributed by atoms with E-state index in [1.165, 1.54) is 84.9 Å². The van der Waals surface area contributed by atoms with Crippen LogP contribution in [-0.4, -0.2) is 9.13 Å². The van der Waals surface area contributed by atoms with Crippen molar-refractivity contribution in [2.75, 3.05) is 0 Å². The Morgan fingerprint density at radius 2 is 0.688 bits per heavy atom. The van der Waals surface area contributed by atoms with Gasteiger partial charge in [0.05, 0.1) is 44.6 Å². The van der Waals surface area contributed by atoms with Gasteiger partial charge < -0.3 is 9.13 Å². The number of thiophene rings is 2. The molecule has 4 aromatic heterocycles. The summed E-state index contributed by atoms with van der Waals surface area (Å²) in [6.07, 6.45) is 0. The van der Waals surface area contributed by atoms with E-state index in [-0.39, 0.29) is 10.8 Å². The largest absolute Gasteiger partial charge is 0.308 e. The van der Waals surface area contributed by atoms with Gasteiger partial charge in [0.25, 0.3) is 0 Å². The summed E-state index contributed by atoms with van der Waals surface area (Å²) in [5.74, 6) is 0. The molecule has 0 fully saturated rings. The van der Waals surface area contributed by atoms with Crippen molar-refractivity contribution in [2.45, 2.75) is 38.5 Å². The average molecular weight is 1060 g/mol. The topological polar surface area (TPSA) is 57.4 Å². The molecule has 0 unspecified atom stereocenters. The zero-order valence-corrected chi connectivity index (χ0v) is 45.9. The molecular formula is C74H46N4S2. The lowest BCUT2D eigenvalue weighted by atomic mass is 9.81. The molecule has 374 valence electrons. The molecule has 80 heavy (non-hydrogen) atoms. The molecule has 15 aromatic rings. The summed E-state index contributed by atoms with van der Waals surface area (Å²) in [4.78, 5) is 0. The van der Waals surface area contributed by atoms with Gasteiger partial charge in [-0.2, -0.15) is 10.5 Å². The molecule has 0 aliphatic heterocycles. The maximum Gasteiger partial charge on any atom is 0.101 e. The van der Waals surface area contributed by atoms with E-state index in [0.717, 1.165) is 65.9 Å². The standard InChI is InChI=1S/C74H46N4S2/c1-73(2)59-17-9-5-13-47(59)49-25-21-43(31-61(49)73)41-23-27-63-53(29-41)55-35-57-51-15-7-11-19-69(51)79-71(57)37-67(55)77(63)65-33-46(40-76)66(34-45(65)39-75)78-64-28-24-42(44-22-26-50-48-14-6-10-18-60(48)74(3,4)62(50)32-44)30-54(64)56-36-58-52-16-8-12-20-70(52)80-72(58)38-68(56)78/h5-38H,1-4H3. The van der Waals surface area contributed by atoms with E-state index in [0.29, 0.717) is 22.5 Å². The summed E-state index contributed by atoms with van der Waals surface area (Å²) in [5.41, 5.74) is 21.2. The van der Waals surface area contributed by atoms with Gasteiger partial charge in [0.1, 0.15) is 12.1 Å². The summed E-state index contributed by atoms with van der Waals surface area (Å²) in [6.45, 7) is 9.33. The van der Waals surface area contributed by atoms with Gasteiger partial charge in [-0.3, -0.25) is 0 Å². The third-order valence-electron chi connectivity index (χ3n) is 18.2. The molecule has 0 amide bonds. The second-order valence-electron chi connectivity index (χ2n) is 23.0. The summed E-state index contributed by atoms with van der Waals surface area (Å²) < 4.78 is 9.28. The number of fused-ring (bicyclic) bond motifs is 18. The smallest absolute Gasteiger partial charge is 0.101 e. The Hall–Kier alpha value is -9.56. The zero-order valence-electron chi connectivity index (χ0n) is 44.2. The van der Waals surface area contributed by atoms with Crippen molar-refractivity contribution in [3.8, 4) is 68.0 Å². The summed E-state index contributed by atoms with van der Waals surface area (Å²) in [5, 5.41) is 32.3. The van der Waals surface area contributed by atoms with Gasteiger partial charge in [-0.05, 0) is 152 Å². The Kier molecular flexibility index (Phi) is 9.11. The first-order valence-electron chi connectivity index (χ1n) is 27.3. The van der Waals surface area contributed by atoms with Crippen molar-refractivity contribution in [3.63, 3.8) is 0 Å². The van der Waals surface area contributed by atoms with Crippen LogP contribution in [0.25, 0.3) is 140 Å². The molecule has 0 radical (unpaired) electrons. The summed E-state index contributed by atoms with van der Waals surface area (Å²) >= 11 is 3.57. The number of benzene rings is 11. The minimum absolute atomic E-state index is 0.132. The lowest BCUT2D eigenvalue weighted by Gasteiger charge is -2.22. The van der Waals surface area contributed by atoms with E-state index in [1.807, 2.05) is 12.1 Å². The van der Waals surface area contributed by atoms with Crippen LogP contribution >= 0.6 is 22.7 Å². The van der Waals surface area contributed by atoms with E-state index < -0.39 is 0 Å². The van der Waals surface area contributed by atoms with Gasteiger partial charge >= 0.3 is 0 Å². The van der Waals surface area contributed by atoms with Crippen molar-refractivity contribution >= 4 is 107 Å². The Bertz CT molecular complexity index is 5070. The van der Waals surface area contributed by atoms with Gasteiger partial charge in [0.15, 0.2) is 0 Å². The molecular weight excluding hydrogens is 1010 g/mol. The van der Waals surface area contributed by atoms with Crippen molar-refractivity contribution in [3.05, 3.63) is 240 Å². The van der Waals surface area contributed by atoms with Crippen LogP contribution in [0.15, 0.2) is 206 Å². The van der Waals surface area contributed by atoms with Crippen molar-refractivity contribution in [1.82, 2.24) is 9.13 Å². The lowest BCUT2D eigenvalue weighted by molar-refractivity contribution is 0.660. The van der Waals surface area contributed by atoms with E-state index >= 15 is 0 Å². The molecule has 0 atom stereocenters. The molecule has 0 spiro atoms. The van der Waals surface area contributed by atoms with Crippen LogP contribution < -0.4 is 0 Å². The quantitative estimate of drug-likeness (QED) is 0.176. The van der Waals surface area contributed by atoms with Crippen LogP contribution in [0.2, 0.25) is 0 Å². The third-order valence-corrected chi connectivity index (χ3v) is 20.5. The molecule has 17 rings (SSSR count). The summed E-state index contributed by atoms with van der Waals surface area (Å²) in [7, 11) is 0. The fourth-order valence-electron chi connectivity index (χ4n) is 14.2. The van der Waals surface area contributed by atoms with Crippen LogP contribution in [0, 0.1) is 22.7 Å². The molecule has 2 aliphatic rings. The van der Waals surface area contributed by atoms with Crippen LogP contribution in [0.3, 0.4) is 0 Å². The van der Waals surface area contributed by atoms with Gasteiger partial charge in [-0.15, -0.1) is 22.7 Å². The fraction of sp³-hybridized carbons (Fsp3) is 0.0811. The number of rotatable bonds is 4. The average Bonchev–Trinajstić information content (AvgIpc) is 4.45. The highest BCUT2D eigenvalue weighted by Crippen LogP contribution is 2.52. The van der Waals surface area contributed by atoms with Crippen molar-refractivity contribution in [2.24, 2.45) is 0 Å². The Labute approximate surface area is 469 Å². The maximum absolute atomic E-state index is 11.5. The number of hydrogen-bond acceptors (Lipinski definition) is 4.